The van der Waals surface area contributed by atoms with Crippen molar-refractivity contribution in [1.29, 1.82) is 0 Å². The lowest BCUT2D eigenvalue weighted by atomic mass is 9.97. The first-order valence-electron chi connectivity index (χ1n) is 11.9. The fourth-order valence-corrected chi connectivity index (χ4v) is 4.47. The number of phenols is 1. The molecular weight excluding hydrogens is 483 g/mol. The summed E-state index contributed by atoms with van der Waals surface area (Å²) in [5.41, 5.74) is 2.23. The van der Waals surface area contributed by atoms with Gasteiger partial charge in [0.15, 0.2) is 0 Å². The first-order chi connectivity index (χ1) is 17.4. The van der Waals surface area contributed by atoms with Gasteiger partial charge in [-0.25, -0.2) is 9.37 Å². The summed E-state index contributed by atoms with van der Waals surface area (Å²) in [6, 6.07) is 11.0. The molecule has 7 nitrogen and oxygen atoms in total. The average Bonchev–Trinajstić information content (AvgIpc) is 2.87. The van der Waals surface area contributed by atoms with Crippen molar-refractivity contribution in [3.8, 4) is 33.9 Å². The summed E-state index contributed by atoms with van der Waals surface area (Å²) < 4.78 is 20.6. The van der Waals surface area contributed by atoms with Crippen LogP contribution < -0.4 is 15.0 Å². The summed E-state index contributed by atoms with van der Waals surface area (Å²) in [6.07, 6.45) is 4.24. The molecule has 2 aromatic carbocycles. The molecule has 0 spiro atoms. The quantitative estimate of drug-likeness (QED) is 0.409. The first-order valence-corrected chi connectivity index (χ1v) is 12.3. The molecular formula is C27H30ClFN4O3. The number of likely N-dealkylation sites (N-methyl/N-ethyl adjacent to an activating group) is 1. The van der Waals surface area contributed by atoms with E-state index in [1.165, 1.54) is 17.0 Å². The summed E-state index contributed by atoms with van der Waals surface area (Å²) in [4.78, 5) is 19.5. The predicted molar refractivity (Wildman–Crippen MR) is 140 cm³/mol. The Bertz CT molecular complexity index is 1200. The molecule has 2 N–H and O–H groups in total. The molecule has 1 amide bonds. The van der Waals surface area contributed by atoms with Crippen molar-refractivity contribution in [2.45, 2.75) is 18.9 Å². The molecule has 1 aliphatic heterocycles. The molecule has 4 rings (SSSR count). The average molecular weight is 513 g/mol. The molecule has 1 aliphatic rings. The maximum Gasteiger partial charge on any atom is 0.214 e. The maximum absolute atomic E-state index is 14.7. The minimum Gasteiger partial charge on any atom is -0.507 e. The lowest BCUT2D eigenvalue weighted by Gasteiger charge is -2.23. The number of aromatic nitrogens is 1. The molecule has 190 valence electrons. The van der Waals surface area contributed by atoms with Crippen LogP contribution in [0.25, 0.3) is 22.3 Å². The Morgan fingerprint density at radius 2 is 1.81 bits per heavy atom. The van der Waals surface area contributed by atoms with E-state index in [0.29, 0.717) is 51.9 Å². The summed E-state index contributed by atoms with van der Waals surface area (Å²) in [6.45, 7) is 2.96. The Labute approximate surface area is 215 Å². The van der Waals surface area contributed by atoms with Crippen LogP contribution in [0.4, 0.5) is 10.1 Å². The van der Waals surface area contributed by atoms with Crippen LogP contribution in [0, 0.1) is 5.82 Å². The smallest absolute Gasteiger partial charge is 0.214 e. The highest BCUT2D eigenvalue weighted by Crippen LogP contribution is 2.41. The molecule has 0 aliphatic carbocycles. The molecule has 3 aromatic rings. The molecule has 36 heavy (non-hydrogen) atoms. The molecule has 1 fully saturated rings. The number of hydrogen-bond acceptors (Lipinski definition) is 6. The van der Waals surface area contributed by atoms with E-state index in [1.807, 2.05) is 19.0 Å². The summed E-state index contributed by atoms with van der Waals surface area (Å²) in [5, 5.41) is 14.7. The first kappa shape index (κ1) is 25.9. The van der Waals surface area contributed by atoms with Crippen LogP contribution in [0.15, 0.2) is 48.7 Å². The minimum atomic E-state index is -0.506. The lowest BCUT2D eigenvalue weighted by Crippen LogP contribution is -2.34. The van der Waals surface area contributed by atoms with Gasteiger partial charge in [-0.05, 0) is 75.9 Å². The third kappa shape index (κ3) is 6.13. The lowest BCUT2D eigenvalue weighted by molar-refractivity contribution is -0.107. The molecule has 0 unspecified atom stereocenters. The van der Waals surface area contributed by atoms with Crippen LogP contribution in [-0.2, 0) is 4.79 Å². The molecule has 0 saturated carbocycles. The Morgan fingerprint density at radius 1 is 1.11 bits per heavy atom. The summed E-state index contributed by atoms with van der Waals surface area (Å²) in [7, 11) is 3.84. The van der Waals surface area contributed by atoms with Gasteiger partial charge in [-0.2, -0.15) is 0 Å². The third-order valence-corrected chi connectivity index (χ3v) is 6.48. The van der Waals surface area contributed by atoms with Gasteiger partial charge in [0.1, 0.15) is 17.7 Å². The monoisotopic (exact) mass is 512 g/mol. The number of anilines is 1. The minimum absolute atomic E-state index is 0.0890. The Balaban J connectivity index is 1.59. The van der Waals surface area contributed by atoms with Crippen LogP contribution in [0.1, 0.15) is 12.8 Å². The van der Waals surface area contributed by atoms with E-state index in [1.54, 1.807) is 36.5 Å². The number of phenolic OH excluding ortho intramolecular Hbond substituents is 1. The van der Waals surface area contributed by atoms with Crippen LogP contribution in [0.3, 0.4) is 0 Å². The number of ether oxygens (including phenoxy) is 1. The van der Waals surface area contributed by atoms with Crippen molar-refractivity contribution < 1.29 is 19.0 Å². The highest BCUT2D eigenvalue weighted by Gasteiger charge is 2.18. The van der Waals surface area contributed by atoms with Gasteiger partial charge in [-0.15, -0.1) is 0 Å². The predicted octanol–water partition coefficient (Wildman–Crippen LogP) is 4.57. The van der Waals surface area contributed by atoms with E-state index in [-0.39, 0.29) is 11.9 Å². The number of rotatable bonds is 9. The van der Waals surface area contributed by atoms with E-state index < -0.39 is 5.82 Å². The molecule has 2 heterocycles. The second kappa shape index (κ2) is 11.7. The van der Waals surface area contributed by atoms with Gasteiger partial charge in [0.25, 0.3) is 0 Å². The van der Waals surface area contributed by atoms with Gasteiger partial charge in [0.2, 0.25) is 12.3 Å². The van der Waals surface area contributed by atoms with Crippen LogP contribution in [-0.4, -0.2) is 67.8 Å². The number of aromatic hydroxyl groups is 1. The highest BCUT2D eigenvalue weighted by atomic mass is 35.5. The van der Waals surface area contributed by atoms with Crippen LogP contribution in [0.2, 0.25) is 5.02 Å². The van der Waals surface area contributed by atoms with Crippen LogP contribution >= 0.6 is 11.6 Å². The standard InChI is InChI=1S/C27H30ClFN4O3/c1-32(2)11-12-33(17-34)25-5-3-18(13-24(25)28)22-14-20(29)15-23(27(22)35)19-4-6-26(31-16-19)36-21-7-9-30-10-8-21/h3-6,13-17,21,30,35H,7-12H2,1-2H3. The van der Waals surface area contributed by atoms with Crippen molar-refractivity contribution in [3.63, 3.8) is 0 Å². The van der Waals surface area contributed by atoms with Gasteiger partial charge in [0.05, 0.1) is 10.7 Å². The SMILES string of the molecule is CN(C)CCN(C=O)c1ccc(-c2cc(F)cc(-c3ccc(OC4CCNCC4)nc3)c2O)cc1Cl. The fraction of sp³-hybridized carbons (Fsp3) is 0.333. The maximum atomic E-state index is 14.7. The van der Waals surface area contributed by atoms with Crippen LogP contribution in [0.5, 0.6) is 11.6 Å². The molecule has 1 aromatic heterocycles. The van der Waals surface area contributed by atoms with E-state index in [2.05, 4.69) is 10.3 Å². The molecule has 0 radical (unpaired) electrons. The summed E-state index contributed by atoms with van der Waals surface area (Å²) in [5.74, 6) is -0.0967. The van der Waals surface area contributed by atoms with Gasteiger partial charge < -0.3 is 25.0 Å². The topological polar surface area (TPSA) is 77.9 Å². The number of halogens is 2. The number of amides is 1. The molecule has 0 atom stereocenters. The van der Waals surface area contributed by atoms with E-state index in [4.69, 9.17) is 16.3 Å². The Morgan fingerprint density at radius 3 is 2.42 bits per heavy atom. The number of benzene rings is 2. The number of nitrogens with zero attached hydrogens (tertiary/aromatic N) is 3. The van der Waals surface area contributed by atoms with Crippen molar-refractivity contribution in [2.24, 2.45) is 0 Å². The Kier molecular flexibility index (Phi) is 8.40. The normalized spacial score (nSPS) is 14.1. The molecule has 9 heteroatoms. The zero-order valence-electron chi connectivity index (χ0n) is 20.4. The number of carbonyl (C=O) groups excluding carboxylic acids is 1. The Hall–Kier alpha value is -3.20. The third-order valence-electron chi connectivity index (χ3n) is 6.18. The number of nitrogens with one attached hydrogen (secondary N) is 1. The van der Waals surface area contributed by atoms with E-state index in [9.17, 15) is 14.3 Å². The second-order valence-corrected chi connectivity index (χ2v) is 9.48. The fourth-order valence-electron chi connectivity index (χ4n) is 4.18. The van der Waals surface area contributed by atoms with Crippen molar-refractivity contribution in [3.05, 3.63) is 59.5 Å². The van der Waals surface area contributed by atoms with E-state index in [0.717, 1.165) is 32.3 Å². The number of carbonyl (C=O) groups is 1. The number of piperidine rings is 1. The van der Waals surface area contributed by atoms with E-state index >= 15 is 0 Å². The highest BCUT2D eigenvalue weighted by molar-refractivity contribution is 6.34. The van der Waals surface area contributed by atoms with Crippen molar-refractivity contribution >= 4 is 23.7 Å². The number of pyridine rings is 1. The van der Waals surface area contributed by atoms with Gasteiger partial charge in [-0.1, -0.05) is 17.7 Å². The molecule has 0 bridgehead atoms. The van der Waals surface area contributed by atoms with Gasteiger partial charge >= 0.3 is 0 Å². The van der Waals surface area contributed by atoms with Gasteiger partial charge in [0, 0.05) is 42.0 Å². The molecule has 1 saturated heterocycles. The zero-order valence-corrected chi connectivity index (χ0v) is 21.1. The van der Waals surface area contributed by atoms with Crippen molar-refractivity contribution in [1.82, 2.24) is 15.2 Å². The van der Waals surface area contributed by atoms with Crippen molar-refractivity contribution in [2.75, 3.05) is 45.2 Å². The van der Waals surface area contributed by atoms with Gasteiger partial charge in [-0.3, -0.25) is 4.79 Å². The number of hydrogen-bond donors (Lipinski definition) is 2. The largest absolute Gasteiger partial charge is 0.507 e. The zero-order chi connectivity index (χ0) is 25.7. The second-order valence-electron chi connectivity index (χ2n) is 9.07. The summed E-state index contributed by atoms with van der Waals surface area (Å²) >= 11 is 6.50.